The van der Waals surface area contributed by atoms with Crippen LogP contribution in [-0.2, 0) is 9.53 Å². The molecule has 0 aromatic rings. The van der Waals surface area contributed by atoms with Gasteiger partial charge in [-0.25, -0.2) is 0 Å². The average molecular weight is 159 g/mol. The largest absolute Gasteiger partial charge is 0.463 e. The zero-order valence-corrected chi connectivity index (χ0v) is 7.76. The Hall–Kier alpha value is -0.570. The molecule has 0 heterocycles. The molecule has 0 amide bonds. The van der Waals surface area contributed by atoms with Crippen molar-refractivity contribution in [3.63, 3.8) is 0 Å². The van der Waals surface area contributed by atoms with Gasteiger partial charge in [0.1, 0.15) is 0 Å². The third-order valence-corrected chi connectivity index (χ3v) is 1.13. The van der Waals surface area contributed by atoms with Crippen LogP contribution >= 0.6 is 0 Å². The van der Waals surface area contributed by atoms with E-state index in [1.807, 2.05) is 32.8 Å². The van der Waals surface area contributed by atoms with Crippen LogP contribution in [-0.4, -0.2) is 37.6 Å². The first-order chi connectivity index (χ1) is 5.02. The summed E-state index contributed by atoms with van der Waals surface area (Å²) >= 11 is 0. The quantitative estimate of drug-likeness (QED) is 0.570. The number of ether oxygens (including phenoxy) is 1. The maximum Gasteiger partial charge on any atom is 0.307 e. The monoisotopic (exact) mass is 159 g/mol. The van der Waals surface area contributed by atoms with Gasteiger partial charge >= 0.3 is 5.97 Å². The molecule has 0 N–H and O–H groups in total. The first kappa shape index (κ1) is 10.4. The fourth-order valence-electron chi connectivity index (χ4n) is 0.637. The molecule has 3 heteroatoms. The highest BCUT2D eigenvalue weighted by molar-refractivity contribution is 5.69. The van der Waals surface area contributed by atoms with Crippen molar-refractivity contribution in [1.29, 1.82) is 0 Å². The summed E-state index contributed by atoms with van der Waals surface area (Å²) < 4.78 is 4.94. The summed E-state index contributed by atoms with van der Waals surface area (Å²) in [5, 5.41) is 0. The minimum Gasteiger partial charge on any atom is -0.463 e. The molecular weight excluding hydrogens is 142 g/mol. The third-order valence-electron chi connectivity index (χ3n) is 1.13. The average Bonchev–Trinajstić information content (AvgIpc) is 1.82. The van der Waals surface area contributed by atoms with Gasteiger partial charge in [0, 0.05) is 6.54 Å². The van der Waals surface area contributed by atoms with Gasteiger partial charge in [0.2, 0.25) is 0 Å². The molecule has 0 unspecified atom stereocenters. The summed E-state index contributed by atoms with van der Waals surface area (Å²) in [6.45, 7) is 4.46. The van der Waals surface area contributed by atoms with E-state index >= 15 is 0 Å². The van der Waals surface area contributed by atoms with Crippen molar-refractivity contribution in [1.82, 2.24) is 4.90 Å². The van der Waals surface area contributed by atoms with Crippen LogP contribution in [0.2, 0.25) is 0 Å². The minimum atomic E-state index is -0.117. The third kappa shape index (κ3) is 7.33. The van der Waals surface area contributed by atoms with Gasteiger partial charge < -0.3 is 9.64 Å². The number of hydrogen-bond acceptors (Lipinski definition) is 3. The Kier molecular flexibility index (Phi) is 4.86. The van der Waals surface area contributed by atoms with Gasteiger partial charge in [-0.1, -0.05) is 0 Å². The fourth-order valence-corrected chi connectivity index (χ4v) is 0.637. The number of rotatable bonds is 4. The standard InChI is InChI=1S/C8H17NO2/c1-7(2)11-8(10)5-6-9(3)4/h7H,5-6H2,1-4H3. The second kappa shape index (κ2) is 5.13. The van der Waals surface area contributed by atoms with Crippen molar-refractivity contribution < 1.29 is 9.53 Å². The Bertz CT molecular complexity index is 121. The van der Waals surface area contributed by atoms with E-state index in [2.05, 4.69) is 0 Å². The smallest absolute Gasteiger partial charge is 0.307 e. The Labute approximate surface area is 68.3 Å². The summed E-state index contributed by atoms with van der Waals surface area (Å²) in [6.07, 6.45) is 0.482. The van der Waals surface area contributed by atoms with Gasteiger partial charge in [0.15, 0.2) is 0 Å². The molecule has 0 aliphatic carbocycles. The molecule has 0 fully saturated rings. The molecule has 0 aliphatic rings. The maximum absolute atomic E-state index is 10.9. The molecule has 0 spiro atoms. The van der Waals surface area contributed by atoms with Gasteiger partial charge in [-0.15, -0.1) is 0 Å². The van der Waals surface area contributed by atoms with E-state index in [0.717, 1.165) is 6.54 Å². The molecule has 11 heavy (non-hydrogen) atoms. The van der Waals surface area contributed by atoms with Crippen LogP contribution in [0.4, 0.5) is 0 Å². The van der Waals surface area contributed by atoms with Gasteiger partial charge in [-0.05, 0) is 27.9 Å². The molecule has 0 bridgehead atoms. The molecule has 0 atom stereocenters. The Balaban J connectivity index is 3.38. The highest BCUT2D eigenvalue weighted by atomic mass is 16.5. The van der Waals surface area contributed by atoms with Crippen molar-refractivity contribution in [3.05, 3.63) is 0 Å². The minimum absolute atomic E-state index is 0.00432. The number of hydrogen-bond donors (Lipinski definition) is 0. The molecule has 3 nitrogen and oxygen atoms in total. The van der Waals surface area contributed by atoms with Crippen molar-refractivity contribution in [2.24, 2.45) is 0 Å². The molecule has 0 aromatic carbocycles. The summed E-state index contributed by atoms with van der Waals surface area (Å²) in [5.74, 6) is -0.117. The molecule has 0 radical (unpaired) electrons. The molecule has 0 aromatic heterocycles. The molecule has 0 aliphatic heterocycles. The van der Waals surface area contributed by atoms with E-state index < -0.39 is 0 Å². The summed E-state index contributed by atoms with van der Waals surface area (Å²) in [7, 11) is 3.87. The fraction of sp³-hybridized carbons (Fsp3) is 0.875. The van der Waals surface area contributed by atoms with Crippen LogP contribution in [0.25, 0.3) is 0 Å². The Morgan fingerprint density at radius 2 is 2.00 bits per heavy atom. The van der Waals surface area contributed by atoms with Crippen LogP contribution in [0, 0.1) is 0 Å². The van der Waals surface area contributed by atoms with Gasteiger partial charge in [-0.2, -0.15) is 0 Å². The SMILES string of the molecule is CC(C)OC(=O)CCN(C)C. The lowest BCUT2D eigenvalue weighted by molar-refractivity contribution is -0.147. The zero-order chi connectivity index (χ0) is 8.85. The second-order valence-corrected chi connectivity index (χ2v) is 3.09. The van der Waals surface area contributed by atoms with E-state index in [1.54, 1.807) is 0 Å². The van der Waals surface area contributed by atoms with Crippen LogP contribution < -0.4 is 0 Å². The second-order valence-electron chi connectivity index (χ2n) is 3.09. The normalized spacial score (nSPS) is 10.7. The first-order valence-electron chi connectivity index (χ1n) is 3.86. The lowest BCUT2D eigenvalue weighted by Gasteiger charge is -2.10. The Morgan fingerprint density at radius 3 is 2.36 bits per heavy atom. The van der Waals surface area contributed by atoms with Crippen LogP contribution in [0.3, 0.4) is 0 Å². The van der Waals surface area contributed by atoms with Crippen molar-refractivity contribution in [2.45, 2.75) is 26.4 Å². The molecule has 0 saturated carbocycles. The summed E-state index contributed by atoms with van der Waals surface area (Å²) in [4.78, 5) is 12.9. The molecule has 66 valence electrons. The number of carbonyl (C=O) groups is 1. The van der Waals surface area contributed by atoms with Crippen LogP contribution in [0.1, 0.15) is 20.3 Å². The van der Waals surface area contributed by atoms with E-state index in [9.17, 15) is 4.79 Å². The van der Waals surface area contributed by atoms with E-state index in [-0.39, 0.29) is 12.1 Å². The van der Waals surface area contributed by atoms with Gasteiger partial charge in [0.05, 0.1) is 12.5 Å². The highest BCUT2D eigenvalue weighted by Gasteiger charge is 2.04. The predicted octanol–water partition coefficient (Wildman–Crippen LogP) is 0.890. The molecule has 0 rings (SSSR count). The van der Waals surface area contributed by atoms with Crippen LogP contribution in [0.15, 0.2) is 0 Å². The highest BCUT2D eigenvalue weighted by Crippen LogP contribution is 1.93. The van der Waals surface area contributed by atoms with E-state index in [0.29, 0.717) is 6.42 Å². The predicted molar refractivity (Wildman–Crippen MR) is 44.4 cm³/mol. The Morgan fingerprint density at radius 1 is 1.45 bits per heavy atom. The lowest BCUT2D eigenvalue weighted by atomic mass is 10.4. The van der Waals surface area contributed by atoms with Gasteiger partial charge in [-0.3, -0.25) is 4.79 Å². The van der Waals surface area contributed by atoms with E-state index in [4.69, 9.17) is 4.74 Å². The van der Waals surface area contributed by atoms with Crippen molar-refractivity contribution in [2.75, 3.05) is 20.6 Å². The number of carbonyl (C=O) groups excluding carboxylic acids is 1. The zero-order valence-electron chi connectivity index (χ0n) is 7.76. The lowest BCUT2D eigenvalue weighted by Crippen LogP contribution is -2.19. The molecular formula is C8H17NO2. The van der Waals surface area contributed by atoms with Crippen LogP contribution in [0.5, 0.6) is 0 Å². The van der Waals surface area contributed by atoms with E-state index in [1.165, 1.54) is 0 Å². The van der Waals surface area contributed by atoms with Crippen molar-refractivity contribution >= 4 is 5.97 Å². The summed E-state index contributed by atoms with van der Waals surface area (Å²) in [6, 6.07) is 0. The number of esters is 1. The topological polar surface area (TPSA) is 29.5 Å². The van der Waals surface area contributed by atoms with Gasteiger partial charge in [0.25, 0.3) is 0 Å². The maximum atomic E-state index is 10.9. The van der Waals surface area contributed by atoms with Crippen molar-refractivity contribution in [3.8, 4) is 0 Å². The summed E-state index contributed by atoms with van der Waals surface area (Å²) in [5.41, 5.74) is 0. The first-order valence-corrected chi connectivity index (χ1v) is 3.86. The molecule has 0 saturated heterocycles. The number of nitrogens with zero attached hydrogens (tertiary/aromatic N) is 1.